The highest BCUT2D eigenvalue weighted by Gasteiger charge is 2.54. The van der Waals surface area contributed by atoms with Crippen molar-refractivity contribution in [1.29, 1.82) is 0 Å². The number of phenolic OH excluding ortho intramolecular Hbond substituents is 1. The summed E-state index contributed by atoms with van der Waals surface area (Å²) < 4.78 is 18.9. The quantitative estimate of drug-likeness (QED) is 0.158. The van der Waals surface area contributed by atoms with Gasteiger partial charge in [-0.25, -0.2) is 0 Å². The van der Waals surface area contributed by atoms with Crippen molar-refractivity contribution in [3.63, 3.8) is 0 Å². The summed E-state index contributed by atoms with van der Waals surface area (Å²) in [4.78, 5) is 80.6. The van der Waals surface area contributed by atoms with Crippen molar-refractivity contribution in [2.45, 2.75) is 144 Å². The summed E-state index contributed by atoms with van der Waals surface area (Å²) in [6.07, 6.45) is 9.23. The van der Waals surface area contributed by atoms with Gasteiger partial charge in [-0.3, -0.25) is 29.0 Å². The number of aliphatic imine (C=N–C) groups is 1. The molecule has 6 heterocycles. The van der Waals surface area contributed by atoms with Gasteiger partial charge in [0.25, 0.3) is 11.7 Å². The molecule has 7 aliphatic rings. The second-order valence-corrected chi connectivity index (χ2v) is 21.3. The van der Waals surface area contributed by atoms with Crippen molar-refractivity contribution in [2.24, 2.45) is 46.4 Å². The summed E-state index contributed by atoms with van der Waals surface area (Å²) in [5, 5.41) is 41.9. The average molecular weight is 970 g/mol. The molecule has 1 unspecified atom stereocenters. The lowest BCUT2D eigenvalue weighted by atomic mass is 9.76. The number of ether oxygens (including phenoxy) is 3. The number of hydrogen-bond acceptors (Lipinski definition) is 14. The molecule has 8 rings (SSSR count). The maximum absolute atomic E-state index is 14.9. The van der Waals surface area contributed by atoms with Crippen molar-refractivity contribution in [3.8, 4) is 11.5 Å². The highest BCUT2D eigenvalue weighted by molar-refractivity contribution is 6.34. The zero-order valence-electron chi connectivity index (χ0n) is 42.9. The Bertz CT molecular complexity index is 2410. The van der Waals surface area contributed by atoms with E-state index in [9.17, 15) is 39.3 Å². The number of carbonyl (C=O) groups excluding carboxylic acids is 5. The molecular formula is C54H75N5O11. The third-order valence-electron chi connectivity index (χ3n) is 15.7. The third kappa shape index (κ3) is 9.97. The van der Waals surface area contributed by atoms with E-state index >= 15 is 0 Å². The average Bonchev–Trinajstić information content (AvgIpc) is 3.84. The van der Waals surface area contributed by atoms with E-state index in [1.807, 2.05) is 13.8 Å². The number of nitrogens with one attached hydrogen (secondary N) is 2. The fraction of sp³-hybridized carbons (Fsp3) is 0.630. The van der Waals surface area contributed by atoms with E-state index < -0.39 is 88.5 Å². The molecule has 2 fully saturated rings. The molecule has 16 heteroatoms. The number of nitrogens with zero attached hydrogens (tertiary/aromatic N) is 3. The van der Waals surface area contributed by atoms with Gasteiger partial charge in [-0.15, -0.1) is 0 Å². The van der Waals surface area contributed by atoms with E-state index in [2.05, 4.69) is 29.4 Å². The number of ketones is 2. The number of likely N-dealkylation sites (tertiary alicyclic amines) is 2. The summed E-state index contributed by atoms with van der Waals surface area (Å²) in [5.41, 5.74) is -0.187. The maximum atomic E-state index is 14.9. The van der Waals surface area contributed by atoms with Gasteiger partial charge < -0.3 is 50.0 Å². The van der Waals surface area contributed by atoms with Crippen molar-refractivity contribution >= 4 is 35.1 Å². The fourth-order valence-corrected chi connectivity index (χ4v) is 11.1. The molecule has 0 saturated carbocycles. The Balaban J connectivity index is 1.30. The first kappa shape index (κ1) is 52.5. The second-order valence-electron chi connectivity index (χ2n) is 21.3. The predicted molar refractivity (Wildman–Crippen MR) is 264 cm³/mol. The zero-order valence-corrected chi connectivity index (χ0v) is 42.9. The Hall–Kier alpha value is -5.32. The number of phenols is 1. The minimum absolute atomic E-state index is 0.0248. The van der Waals surface area contributed by atoms with Crippen molar-refractivity contribution < 1.29 is 53.5 Å². The van der Waals surface area contributed by atoms with Gasteiger partial charge in [-0.05, 0) is 70.3 Å². The minimum atomic E-state index is -1.97. The normalized spacial score (nSPS) is 32.8. The first-order chi connectivity index (χ1) is 33.0. The van der Waals surface area contributed by atoms with E-state index in [1.165, 1.54) is 13.2 Å². The lowest BCUT2D eigenvalue weighted by Crippen LogP contribution is -2.50. The maximum Gasteiger partial charge on any atom is 0.318 e. The van der Waals surface area contributed by atoms with Gasteiger partial charge in [0.05, 0.1) is 41.0 Å². The number of aliphatic hydroxyl groups is 2. The number of fused-ring (bicyclic) bond motifs is 13. The van der Waals surface area contributed by atoms with Gasteiger partial charge in [0, 0.05) is 86.9 Å². The topological polar surface area (TPSA) is 217 Å². The molecule has 70 heavy (non-hydrogen) atoms. The van der Waals surface area contributed by atoms with Gasteiger partial charge in [-0.2, -0.15) is 0 Å². The van der Waals surface area contributed by atoms with Gasteiger partial charge in [0.1, 0.15) is 34.9 Å². The molecule has 6 aliphatic heterocycles. The summed E-state index contributed by atoms with van der Waals surface area (Å²) in [7, 11) is 0. The molecule has 16 nitrogen and oxygen atoms in total. The minimum Gasteiger partial charge on any atom is -0.507 e. The zero-order chi connectivity index (χ0) is 51.1. The molecule has 1 aromatic carbocycles. The van der Waals surface area contributed by atoms with E-state index in [0.29, 0.717) is 51.4 Å². The van der Waals surface area contributed by atoms with Crippen LogP contribution in [0, 0.1) is 48.3 Å². The van der Waals surface area contributed by atoms with Crippen molar-refractivity contribution in [1.82, 2.24) is 20.4 Å². The molecular weight excluding hydrogens is 895 g/mol. The van der Waals surface area contributed by atoms with Gasteiger partial charge in [-0.1, -0.05) is 66.7 Å². The van der Waals surface area contributed by atoms with Gasteiger partial charge in [0.15, 0.2) is 0 Å². The number of amides is 2. The number of piperidine rings is 2. The van der Waals surface area contributed by atoms with E-state index in [4.69, 9.17) is 19.2 Å². The summed E-state index contributed by atoms with van der Waals surface area (Å²) in [5.74, 6) is -8.74. The van der Waals surface area contributed by atoms with Crippen LogP contribution in [-0.4, -0.2) is 123 Å². The highest BCUT2D eigenvalue weighted by atomic mass is 16.7. The highest BCUT2D eigenvalue weighted by Crippen LogP contribution is 2.50. The van der Waals surface area contributed by atoms with Crippen LogP contribution in [0.25, 0.3) is 0 Å². The predicted octanol–water partition coefficient (Wildman–Crippen LogP) is 6.26. The number of hydrogen-bond donors (Lipinski definition) is 5. The van der Waals surface area contributed by atoms with Crippen LogP contribution < -0.4 is 15.4 Å². The van der Waals surface area contributed by atoms with E-state index in [-0.39, 0.29) is 62.5 Å². The lowest BCUT2D eigenvalue weighted by molar-refractivity contribution is -0.169. The van der Waals surface area contributed by atoms with Crippen LogP contribution in [0.15, 0.2) is 52.5 Å². The Labute approximate surface area is 412 Å². The van der Waals surface area contributed by atoms with E-state index in [0.717, 1.165) is 25.8 Å². The lowest BCUT2D eigenvalue weighted by Gasteiger charge is -2.39. The number of benzene rings is 1. The van der Waals surface area contributed by atoms with Crippen LogP contribution in [0.2, 0.25) is 0 Å². The largest absolute Gasteiger partial charge is 0.507 e. The number of aromatic hydroxyl groups is 1. The molecule has 10 atom stereocenters. The molecule has 5 bridgehead atoms. The smallest absolute Gasteiger partial charge is 0.318 e. The number of rotatable bonds is 6. The van der Waals surface area contributed by atoms with Crippen molar-refractivity contribution in [3.05, 3.63) is 69.8 Å². The molecule has 0 aromatic heterocycles. The van der Waals surface area contributed by atoms with Crippen molar-refractivity contribution in [2.75, 3.05) is 32.7 Å². The van der Waals surface area contributed by atoms with Crippen LogP contribution in [0.4, 0.5) is 0 Å². The number of Topliss-reactive ketones (excluding diaryl/α,β-unsaturated/α-hetero) is 2. The first-order valence-corrected chi connectivity index (χ1v) is 25.4. The molecule has 1 aliphatic carbocycles. The Morgan fingerprint density at radius 1 is 0.900 bits per heavy atom. The second kappa shape index (κ2) is 20.8. The number of carbonyl (C=O) groups is 5. The Morgan fingerprint density at radius 3 is 2.21 bits per heavy atom. The number of allylic oxidation sites excluding steroid dienone is 5. The van der Waals surface area contributed by atoms with Gasteiger partial charge in [0.2, 0.25) is 11.7 Å². The summed E-state index contributed by atoms with van der Waals surface area (Å²) in [6.45, 7) is 23.1. The molecule has 382 valence electrons. The van der Waals surface area contributed by atoms with Crippen LogP contribution in [-0.2, 0) is 23.9 Å². The van der Waals surface area contributed by atoms with Crippen LogP contribution >= 0.6 is 0 Å². The molecule has 1 spiro atoms. The molecule has 1 aromatic rings. The SMILES string of the molecule is CC[C@H]1/C=C/O[C@@]2(C)Oc3c(C)c(O)c4c(c3C2=O)C2=NC3(CCN(CC(C)C)CC3)NC2=C(NC(=O)/C(C)=C\C=C\[C@H](C)[C@H](O)[C@@H](C)[C@@H](O)[C@@H](C)[C@H](OC(=O)C(C)C(=O)N2CCCCC2)[C@@H]1C)C4=O. The molecule has 2 amide bonds. The number of aliphatic hydroxyl groups excluding tert-OH is 2. The summed E-state index contributed by atoms with van der Waals surface area (Å²) >= 11 is 0. The van der Waals surface area contributed by atoms with E-state index in [1.54, 1.807) is 70.7 Å². The van der Waals surface area contributed by atoms with Crippen LogP contribution in [0.1, 0.15) is 140 Å². The standard InChI is InChI=1S/C54H75N5O11/c1-12-36-19-26-68-53(11)49(64)39-37-38(45(62)34(9)48(39)70-53)46(63)42(41-40(37)56-54(57-41)20-24-58(25-21-54)27-28(2)3)55-50(65)30(5)18-16-17-29(4)43(60)32(7)44(61)33(8)47(31(36)6)69-52(67)35(10)51(66)59-22-14-13-15-23-59/h16-19,26,28-29,31-33,35-36,43-44,47,57,60-62H,12-15,20-25,27H2,1-11H3,(H,55,65)/b17-16+,26-19+,30-18-/t29-,31+,32+,33+,35?,36-,43-,44+,47+,53-/m0/s1. The van der Waals surface area contributed by atoms with Gasteiger partial charge >= 0.3 is 11.8 Å². The first-order valence-electron chi connectivity index (χ1n) is 25.4. The Morgan fingerprint density at radius 2 is 1.57 bits per heavy atom. The number of esters is 1. The molecule has 5 N–H and O–H groups in total. The fourth-order valence-electron chi connectivity index (χ4n) is 11.1. The third-order valence-corrected chi connectivity index (χ3v) is 15.7. The monoisotopic (exact) mass is 970 g/mol. The van der Waals surface area contributed by atoms with Crippen LogP contribution in [0.5, 0.6) is 11.5 Å². The summed E-state index contributed by atoms with van der Waals surface area (Å²) in [6, 6.07) is 0. The van der Waals surface area contributed by atoms with Crippen LogP contribution in [0.3, 0.4) is 0 Å². The molecule has 0 radical (unpaired) electrons. The molecule has 2 saturated heterocycles. The Kier molecular flexibility index (Phi) is 15.6.